The van der Waals surface area contributed by atoms with Gasteiger partial charge in [0.1, 0.15) is 12.4 Å². The molecule has 0 fully saturated rings. The van der Waals surface area contributed by atoms with Gasteiger partial charge in [-0.15, -0.1) is 0 Å². The zero-order chi connectivity index (χ0) is 16.2. The third-order valence-electron chi connectivity index (χ3n) is 3.30. The van der Waals surface area contributed by atoms with Crippen molar-refractivity contribution in [1.29, 1.82) is 0 Å². The van der Waals surface area contributed by atoms with E-state index in [0.717, 1.165) is 37.2 Å². The summed E-state index contributed by atoms with van der Waals surface area (Å²) in [5.74, 6) is 1.13. The van der Waals surface area contributed by atoms with Gasteiger partial charge in [0, 0.05) is 30.8 Å². The van der Waals surface area contributed by atoms with Crippen LogP contribution in [0, 0.1) is 5.92 Å². The number of nitrogens with one attached hydrogen (secondary N) is 1. The minimum Gasteiger partial charge on any atom is -0.494 e. The number of ether oxygens (including phenoxy) is 2. The lowest BCUT2D eigenvalue weighted by molar-refractivity contribution is -0.126. The molecule has 124 valence electrons. The van der Waals surface area contributed by atoms with Crippen LogP contribution in [0.25, 0.3) is 0 Å². The van der Waals surface area contributed by atoms with E-state index >= 15 is 0 Å². The highest BCUT2D eigenvalue weighted by Gasteiger charge is 2.06. The van der Waals surface area contributed by atoms with E-state index < -0.39 is 0 Å². The van der Waals surface area contributed by atoms with E-state index in [9.17, 15) is 4.79 Å². The van der Waals surface area contributed by atoms with Crippen LogP contribution in [-0.2, 0) is 9.53 Å². The SMILES string of the molecule is CCNc1cccc(OCCCCCOCC(=O)C(C)C)c1. The van der Waals surface area contributed by atoms with Gasteiger partial charge in [-0.2, -0.15) is 0 Å². The van der Waals surface area contributed by atoms with Crippen molar-refractivity contribution in [3.05, 3.63) is 24.3 Å². The van der Waals surface area contributed by atoms with E-state index in [1.54, 1.807) is 0 Å². The molecule has 0 saturated carbocycles. The van der Waals surface area contributed by atoms with Crippen molar-refractivity contribution in [2.45, 2.75) is 40.0 Å². The van der Waals surface area contributed by atoms with Gasteiger partial charge in [-0.05, 0) is 38.3 Å². The zero-order valence-corrected chi connectivity index (χ0v) is 14.1. The Morgan fingerprint density at radius 2 is 1.95 bits per heavy atom. The van der Waals surface area contributed by atoms with Crippen molar-refractivity contribution in [3.63, 3.8) is 0 Å². The summed E-state index contributed by atoms with van der Waals surface area (Å²) in [7, 11) is 0. The van der Waals surface area contributed by atoms with Gasteiger partial charge in [0.2, 0.25) is 0 Å². The molecule has 0 bridgehead atoms. The first-order valence-corrected chi connectivity index (χ1v) is 8.20. The van der Waals surface area contributed by atoms with Gasteiger partial charge in [-0.1, -0.05) is 19.9 Å². The molecule has 0 saturated heterocycles. The molecule has 1 N–H and O–H groups in total. The number of Topliss-reactive ketones (excluding diaryl/α,β-unsaturated/α-hetero) is 1. The number of anilines is 1. The van der Waals surface area contributed by atoms with E-state index in [4.69, 9.17) is 9.47 Å². The van der Waals surface area contributed by atoms with Crippen LogP contribution >= 0.6 is 0 Å². The molecule has 4 heteroatoms. The van der Waals surface area contributed by atoms with Crippen LogP contribution in [0.5, 0.6) is 5.75 Å². The van der Waals surface area contributed by atoms with Crippen molar-refractivity contribution in [2.75, 3.05) is 31.7 Å². The van der Waals surface area contributed by atoms with Crippen LogP contribution in [0.3, 0.4) is 0 Å². The number of carbonyl (C=O) groups excluding carboxylic acids is 1. The van der Waals surface area contributed by atoms with Gasteiger partial charge in [-0.3, -0.25) is 4.79 Å². The van der Waals surface area contributed by atoms with E-state index in [-0.39, 0.29) is 18.3 Å². The summed E-state index contributed by atoms with van der Waals surface area (Å²) in [5, 5.41) is 3.27. The fraction of sp³-hybridized carbons (Fsp3) is 0.611. The second kappa shape index (κ2) is 11.1. The predicted molar refractivity (Wildman–Crippen MR) is 90.6 cm³/mol. The summed E-state index contributed by atoms with van der Waals surface area (Å²) >= 11 is 0. The van der Waals surface area contributed by atoms with Gasteiger partial charge < -0.3 is 14.8 Å². The molecule has 1 aromatic carbocycles. The molecule has 0 heterocycles. The fourth-order valence-electron chi connectivity index (χ4n) is 1.91. The molecule has 0 aliphatic rings. The van der Waals surface area contributed by atoms with E-state index in [1.165, 1.54) is 0 Å². The molecular formula is C18H29NO3. The molecule has 0 aromatic heterocycles. The summed E-state index contributed by atoms with van der Waals surface area (Å²) < 4.78 is 11.1. The Labute approximate surface area is 134 Å². The second-order valence-corrected chi connectivity index (χ2v) is 5.64. The largest absolute Gasteiger partial charge is 0.494 e. The van der Waals surface area contributed by atoms with Crippen molar-refractivity contribution in [3.8, 4) is 5.75 Å². The minimum atomic E-state index is 0.0614. The Bertz CT molecular complexity index is 432. The monoisotopic (exact) mass is 307 g/mol. The Morgan fingerprint density at radius 1 is 1.18 bits per heavy atom. The van der Waals surface area contributed by atoms with Gasteiger partial charge in [0.15, 0.2) is 5.78 Å². The van der Waals surface area contributed by atoms with Crippen LogP contribution in [0.2, 0.25) is 0 Å². The van der Waals surface area contributed by atoms with Crippen LogP contribution in [-0.4, -0.2) is 32.1 Å². The van der Waals surface area contributed by atoms with Crippen molar-refractivity contribution >= 4 is 11.5 Å². The number of hydrogen-bond donors (Lipinski definition) is 1. The molecule has 1 rings (SSSR count). The van der Waals surface area contributed by atoms with Gasteiger partial charge >= 0.3 is 0 Å². The average Bonchev–Trinajstić information content (AvgIpc) is 2.50. The number of benzene rings is 1. The topological polar surface area (TPSA) is 47.6 Å². The van der Waals surface area contributed by atoms with Crippen LogP contribution in [0.15, 0.2) is 24.3 Å². The number of unbranched alkanes of at least 4 members (excludes halogenated alkanes) is 2. The molecule has 4 nitrogen and oxygen atoms in total. The van der Waals surface area contributed by atoms with E-state index in [1.807, 2.05) is 38.1 Å². The molecule has 0 radical (unpaired) electrons. The standard InChI is InChI=1S/C18H29NO3/c1-4-19-16-9-8-10-17(13-16)22-12-7-5-6-11-21-14-18(20)15(2)3/h8-10,13,15,19H,4-7,11-12,14H2,1-3H3. The Hall–Kier alpha value is -1.55. The van der Waals surface area contributed by atoms with Crippen molar-refractivity contribution in [2.24, 2.45) is 5.92 Å². The first-order chi connectivity index (χ1) is 10.6. The molecule has 0 spiro atoms. The smallest absolute Gasteiger partial charge is 0.160 e. The molecule has 1 aromatic rings. The molecule has 0 amide bonds. The highest BCUT2D eigenvalue weighted by atomic mass is 16.5. The van der Waals surface area contributed by atoms with Gasteiger partial charge in [0.25, 0.3) is 0 Å². The maximum Gasteiger partial charge on any atom is 0.160 e. The van der Waals surface area contributed by atoms with Gasteiger partial charge in [0.05, 0.1) is 6.61 Å². The maximum atomic E-state index is 11.4. The number of hydrogen-bond acceptors (Lipinski definition) is 4. The van der Waals surface area contributed by atoms with Crippen LogP contribution < -0.4 is 10.1 Å². The summed E-state index contributed by atoms with van der Waals surface area (Å²) in [4.78, 5) is 11.4. The Kier molecular flexibility index (Phi) is 9.31. The quantitative estimate of drug-likeness (QED) is 0.595. The predicted octanol–water partition coefficient (Wildman–Crippen LogP) is 3.91. The van der Waals surface area contributed by atoms with Crippen LogP contribution in [0.1, 0.15) is 40.0 Å². The molecule has 0 aliphatic carbocycles. The third kappa shape index (κ3) is 8.03. The third-order valence-corrected chi connectivity index (χ3v) is 3.30. The summed E-state index contributed by atoms with van der Waals surface area (Å²) in [6.45, 7) is 8.37. The fourth-order valence-corrected chi connectivity index (χ4v) is 1.91. The van der Waals surface area contributed by atoms with Crippen molar-refractivity contribution < 1.29 is 14.3 Å². The van der Waals surface area contributed by atoms with Gasteiger partial charge in [-0.25, -0.2) is 0 Å². The first-order valence-electron chi connectivity index (χ1n) is 8.20. The van der Waals surface area contributed by atoms with Crippen LogP contribution in [0.4, 0.5) is 5.69 Å². The molecule has 0 aliphatic heterocycles. The highest BCUT2D eigenvalue weighted by Crippen LogP contribution is 2.17. The Balaban J connectivity index is 2.04. The minimum absolute atomic E-state index is 0.0614. The normalized spacial score (nSPS) is 10.7. The lowest BCUT2D eigenvalue weighted by Gasteiger charge is -2.09. The lowest BCUT2D eigenvalue weighted by atomic mass is 10.1. The molecule has 0 atom stereocenters. The first kappa shape index (κ1) is 18.5. The number of ketones is 1. The second-order valence-electron chi connectivity index (χ2n) is 5.64. The highest BCUT2D eigenvalue weighted by molar-refractivity contribution is 5.81. The lowest BCUT2D eigenvalue weighted by Crippen LogP contribution is -2.15. The van der Waals surface area contributed by atoms with E-state index in [0.29, 0.717) is 13.2 Å². The average molecular weight is 307 g/mol. The number of rotatable bonds is 12. The van der Waals surface area contributed by atoms with Crippen molar-refractivity contribution in [1.82, 2.24) is 0 Å². The summed E-state index contributed by atoms with van der Waals surface area (Å²) in [5.41, 5.74) is 1.09. The molecule has 22 heavy (non-hydrogen) atoms. The summed E-state index contributed by atoms with van der Waals surface area (Å²) in [6.07, 6.45) is 3.00. The zero-order valence-electron chi connectivity index (χ0n) is 14.1. The molecular weight excluding hydrogens is 278 g/mol. The molecule has 0 unspecified atom stereocenters. The van der Waals surface area contributed by atoms with E-state index in [2.05, 4.69) is 12.2 Å². The Morgan fingerprint density at radius 3 is 2.68 bits per heavy atom. The maximum absolute atomic E-state index is 11.4. The number of carbonyl (C=O) groups is 1. The summed E-state index contributed by atoms with van der Waals surface area (Å²) in [6, 6.07) is 8.02.